The van der Waals surface area contributed by atoms with Crippen molar-refractivity contribution in [2.24, 2.45) is 0 Å². The standard InChI is InChI=1S/C15H26N2OS/c1-4-18-15(8-6-5-7-9-15)14-17-11-13(19-14)10-16-12(2)3/h11-12,16H,4-10H2,1-3H3. The second-order valence-corrected chi connectivity index (χ2v) is 6.77. The Morgan fingerprint density at radius 1 is 1.37 bits per heavy atom. The van der Waals surface area contributed by atoms with Gasteiger partial charge >= 0.3 is 0 Å². The van der Waals surface area contributed by atoms with Crippen molar-refractivity contribution in [1.29, 1.82) is 0 Å². The summed E-state index contributed by atoms with van der Waals surface area (Å²) in [5.41, 5.74) is -0.0895. The predicted molar refractivity (Wildman–Crippen MR) is 80.5 cm³/mol. The van der Waals surface area contributed by atoms with Gasteiger partial charge in [0.1, 0.15) is 10.6 Å². The first-order chi connectivity index (χ1) is 9.16. The van der Waals surface area contributed by atoms with Crippen LogP contribution >= 0.6 is 11.3 Å². The molecule has 0 unspecified atom stereocenters. The normalized spacial score (nSPS) is 18.9. The lowest BCUT2D eigenvalue weighted by molar-refractivity contribution is -0.0704. The van der Waals surface area contributed by atoms with Crippen LogP contribution in [0.5, 0.6) is 0 Å². The minimum Gasteiger partial charge on any atom is -0.368 e. The van der Waals surface area contributed by atoms with Crippen molar-refractivity contribution in [3.63, 3.8) is 0 Å². The fourth-order valence-electron chi connectivity index (χ4n) is 2.72. The maximum Gasteiger partial charge on any atom is 0.125 e. The van der Waals surface area contributed by atoms with Gasteiger partial charge < -0.3 is 10.1 Å². The average Bonchev–Trinajstić information content (AvgIpc) is 2.87. The van der Waals surface area contributed by atoms with Crippen LogP contribution < -0.4 is 5.32 Å². The highest BCUT2D eigenvalue weighted by Crippen LogP contribution is 2.42. The van der Waals surface area contributed by atoms with Crippen LogP contribution in [0.2, 0.25) is 0 Å². The third kappa shape index (κ3) is 3.77. The Labute approximate surface area is 120 Å². The summed E-state index contributed by atoms with van der Waals surface area (Å²) >= 11 is 1.82. The Kier molecular flexibility index (Phi) is 5.37. The summed E-state index contributed by atoms with van der Waals surface area (Å²) in [6.07, 6.45) is 8.14. The largest absolute Gasteiger partial charge is 0.368 e. The Morgan fingerprint density at radius 3 is 2.74 bits per heavy atom. The molecule has 1 N–H and O–H groups in total. The molecule has 0 spiro atoms. The van der Waals surface area contributed by atoms with Crippen LogP contribution in [0.3, 0.4) is 0 Å². The number of ether oxygens (including phenoxy) is 1. The van der Waals surface area contributed by atoms with Gasteiger partial charge in [0, 0.05) is 30.3 Å². The zero-order chi connectivity index (χ0) is 13.7. The smallest absolute Gasteiger partial charge is 0.125 e. The van der Waals surface area contributed by atoms with Crippen LogP contribution in [-0.2, 0) is 16.9 Å². The fraction of sp³-hybridized carbons (Fsp3) is 0.800. The molecule has 1 aromatic heterocycles. The maximum atomic E-state index is 6.12. The molecule has 1 heterocycles. The molecule has 0 atom stereocenters. The average molecular weight is 282 g/mol. The molecule has 1 aromatic rings. The van der Waals surface area contributed by atoms with Gasteiger partial charge in [-0.15, -0.1) is 11.3 Å². The topological polar surface area (TPSA) is 34.1 Å². The summed E-state index contributed by atoms with van der Waals surface area (Å²) in [6.45, 7) is 8.12. The minimum absolute atomic E-state index is 0.0895. The zero-order valence-electron chi connectivity index (χ0n) is 12.4. The lowest BCUT2D eigenvalue weighted by Gasteiger charge is -2.35. The first kappa shape index (κ1) is 14.9. The highest BCUT2D eigenvalue weighted by molar-refractivity contribution is 7.11. The third-order valence-corrected chi connectivity index (χ3v) is 4.89. The summed E-state index contributed by atoms with van der Waals surface area (Å²) in [5.74, 6) is 0. The van der Waals surface area contributed by atoms with E-state index >= 15 is 0 Å². The highest BCUT2D eigenvalue weighted by Gasteiger charge is 2.37. The van der Waals surface area contributed by atoms with Gasteiger partial charge in [-0.1, -0.05) is 33.1 Å². The summed E-state index contributed by atoms with van der Waals surface area (Å²) in [6, 6.07) is 0.515. The summed E-state index contributed by atoms with van der Waals surface area (Å²) in [7, 11) is 0. The quantitative estimate of drug-likeness (QED) is 0.861. The van der Waals surface area contributed by atoms with Gasteiger partial charge in [-0.05, 0) is 19.8 Å². The molecule has 0 aromatic carbocycles. The van der Waals surface area contributed by atoms with E-state index in [0.29, 0.717) is 6.04 Å². The third-order valence-electron chi connectivity index (χ3n) is 3.71. The van der Waals surface area contributed by atoms with Gasteiger partial charge in [0.2, 0.25) is 0 Å². The Hall–Kier alpha value is -0.450. The molecule has 1 fully saturated rings. The first-order valence-corrected chi connectivity index (χ1v) is 8.30. The van der Waals surface area contributed by atoms with E-state index in [1.165, 1.54) is 29.1 Å². The Balaban J connectivity index is 2.09. The monoisotopic (exact) mass is 282 g/mol. The van der Waals surface area contributed by atoms with Crippen molar-refractivity contribution in [1.82, 2.24) is 10.3 Å². The minimum atomic E-state index is -0.0895. The van der Waals surface area contributed by atoms with Crippen molar-refractivity contribution in [2.45, 2.75) is 71.1 Å². The zero-order valence-corrected chi connectivity index (χ0v) is 13.2. The number of thiazole rings is 1. The maximum absolute atomic E-state index is 6.12. The van der Waals surface area contributed by atoms with Crippen LogP contribution in [0.1, 0.15) is 62.8 Å². The van der Waals surface area contributed by atoms with E-state index in [2.05, 4.69) is 31.1 Å². The Bertz CT molecular complexity index is 378. The molecule has 1 aliphatic carbocycles. The molecular formula is C15H26N2OS. The van der Waals surface area contributed by atoms with Crippen LogP contribution in [0, 0.1) is 0 Å². The molecular weight excluding hydrogens is 256 g/mol. The predicted octanol–water partition coefficient (Wildman–Crippen LogP) is 3.84. The van der Waals surface area contributed by atoms with Crippen LogP contribution in [0.25, 0.3) is 0 Å². The molecule has 108 valence electrons. The number of hydrogen-bond acceptors (Lipinski definition) is 4. The molecule has 0 radical (unpaired) electrons. The van der Waals surface area contributed by atoms with Crippen LogP contribution in [-0.4, -0.2) is 17.6 Å². The van der Waals surface area contributed by atoms with Gasteiger partial charge in [0.05, 0.1) is 0 Å². The van der Waals surface area contributed by atoms with Crippen LogP contribution in [0.15, 0.2) is 6.20 Å². The van der Waals surface area contributed by atoms with Gasteiger partial charge in [-0.3, -0.25) is 0 Å². The van der Waals surface area contributed by atoms with E-state index < -0.39 is 0 Å². The lowest BCUT2D eigenvalue weighted by Crippen LogP contribution is -2.32. The number of nitrogens with one attached hydrogen (secondary N) is 1. The van der Waals surface area contributed by atoms with Crippen molar-refractivity contribution >= 4 is 11.3 Å². The van der Waals surface area contributed by atoms with E-state index in [0.717, 1.165) is 26.0 Å². The van der Waals surface area contributed by atoms with Crippen molar-refractivity contribution < 1.29 is 4.74 Å². The van der Waals surface area contributed by atoms with Crippen LogP contribution in [0.4, 0.5) is 0 Å². The molecule has 4 heteroatoms. The molecule has 0 aliphatic heterocycles. The highest BCUT2D eigenvalue weighted by atomic mass is 32.1. The second-order valence-electron chi connectivity index (χ2n) is 5.66. The second kappa shape index (κ2) is 6.82. The number of aromatic nitrogens is 1. The van der Waals surface area contributed by atoms with Crippen molar-refractivity contribution in [2.75, 3.05) is 6.61 Å². The van der Waals surface area contributed by atoms with Gasteiger partial charge in [-0.25, -0.2) is 4.98 Å². The summed E-state index contributed by atoms with van der Waals surface area (Å²) < 4.78 is 6.12. The molecule has 19 heavy (non-hydrogen) atoms. The van der Waals surface area contributed by atoms with E-state index in [4.69, 9.17) is 4.74 Å². The van der Waals surface area contributed by atoms with E-state index in [-0.39, 0.29) is 5.60 Å². The molecule has 0 amide bonds. The van der Waals surface area contributed by atoms with Crippen molar-refractivity contribution in [3.05, 3.63) is 16.1 Å². The molecule has 1 saturated carbocycles. The molecule has 0 saturated heterocycles. The summed E-state index contributed by atoms with van der Waals surface area (Å²) in [4.78, 5) is 5.98. The van der Waals surface area contributed by atoms with Gasteiger partial charge in [0.25, 0.3) is 0 Å². The number of hydrogen-bond donors (Lipinski definition) is 1. The number of nitrogens with zero attached hydrogens (tertiary/aromatic N) is 1. The molecule has 3 nitrogen and oxygen atoms in total. The Morgan fingerprint density at radius 2 is 2.11 bits per heavy atom. The lowest BCUT2D eigenvalue weighted by atomic mass is 9.85. The molecule has 1 aliphatic rings. The SMILES string of the molecule is CCOC1(c2ncc(CNC(C)C)s2)CCCCC1. The summed E-state index contributed by atoms with van der Waals surface area (Å²) in [5, 5.41) is 4.64. The van der Waals surface area contributed by atoms with Crippen molar-refractivity contribution in [3.8, 4) is 0 Å². The van der Waals surface area contributed by atoms with E-state index in [9.17, 15) is 0 Å². The van der Waals surface area contributed by atoms with Gasteiger partial charge in [-0.2, -0.15) is 0 Å². The fourth-order valence-corrected chi connectivity index (χ4v) is 3.79. The van der Waals surface area contributed by atoms with E-state index in [1.54, 1.807) is 0 Å². The molecule has 2 rings (SSSR count). The van der Waals surface area contributed by atoms with E-state index in [1.807, 2.05) is 17.5 Å². The molecule has 0 bridgehead atoms. The van der Waals surface area contributed by atoms with Gasteiger partial charge in [0.15, 0.2) is 0 Å². The first-order valence-electron chi connectivity index (χ1n) is 7.49. The number of rotatable bonds is 6.